The maximum Gasteiger partial charge on any atom is 0.223 e. The van der Waals surface area contributed by atoms with Crippen molar-refractivity contribution in [3.05, 3.63) is 30.0 Å². The Labute approximate surface area is 162 Å². The van der Waals surface area contributed by atoms with Crippen molar-refractivity contribution in [1.82, 2.24) is 24.4 Å². The summed E-state index contributed by atoms with van der Waals surface area (Å²) in [5, 5.41) is 0. The minimum Gasteiger partial charge on any atom is -0.343 e. The van der Waals surface area contributed by atoms with Gasteiger partial charge in [0.05, 0.1) is 0 Å². The third kappa shape index (κ3) is 5.15. The van der Waals surface area contributed by atoms with Gasteiger partial charge in [0.15, 0.2) is 5.82 Å². The highest BCUT2D eigenvalue weighted by Gasteiger charge is 2.26. The normalized spacial score (nSPS) is 16.0. The first-order valence-electron chi connectivity index (χ1n) is 9.81. The van der Waals surface area contributed by atoms with Crippen LogP contribution in [0.3, 0.4) is 0 Å². The molecule has 2 aromatic heterocycles. The van der Waals surface area contributed by atoms with E-state index in [4.69, 9.17) is 4.98 Å². The molecule has 146 valence electrons. The molecule has 0 aromatic carbocycles. The molecule has 1 saturated heterocycles. The van der Waals surface area contributed by atoms with Crippen LogP contribution in [-0.2, 0) is 18.3 Å². The molecule has 0 N–H and O–H groups in total. The molecule has 2 aromatic rings. The molecule has 0 spiro atoms. The van der Waals surface area contributed by atoms with Gasteiger partial charge in [-0.25, -0.2) is 15.0 Å². The molecule has 6 nitrogen and oxygen atoms in total. The molecule has 6 heteroatoms. The zero-order chi connectivity index (χ0) is 19.6. The van der Waals surface area contributed by atoms with Gasteiger partial charge in [-0.1, -0.05) is 20.8 Å². The van der Waals surface area contributed by atoms with Crippen LogP contribution >= 0.6 is 0 Å². The molecule has 0 radical (unpaired) electrons. The monoisotopic (exact) mass is 369 g/mol. The van der Waals surface area contributed by atoms with Crippen LogP contribution in [-0.4, -0.2) is 43.4 Å². The van der Waals surface area contributed by atoms with Crippen LogP contribution in [0.1, 0.15) is 51.6 Å². The molecule has 1 aliphatic rings. The number of carbonyl (C=O) groups excluding carboxylic acids is 1. The first-order valence-corrected chi connectivity index (χ1v) is 9.81. The lowest BCUT2D eigenvalue weighted by atomic mass is 9.89. The van der Waals surface area contributed by atoms with Crippen molar-refractivity contribution in [3.8, 4) is 11.5 Å². The number of amides is 1. The largest absolute Gasteiger partial charge is 0.343 e. The van der Waals surface area contributed by atoms with E-state index in [0.29, 0.717) is 12.3 Å². The first-order chi connectivity index (χ1) is 12.7. The number of aryl methyl sites for hydroxylation is 2. The summed E-state index contributed by atoms with van der Waals surface area (Å²) in [4.78, 5) is 28.3. The Morgan fingerprint density at radius 3 is 2.52 bits per heavy atom. The number of nitrogens with zero attached hydrogens (tertiary/aromatic N) is 5. The van der Waals surface area contributed by atoms with Crippen LogP contribution in [0.25, 0.3) is 11.5 Å². The van der Waals surface area contributed by atoms with Crippen LogP contribution in [0, 0.1) is 18.3 Å². The molecule has 0 atom stereocenters. The molecule has 27 heavy (non-hydrogen) atoms. The van der Waals surface area contributed by atoms with E-state index in [1.807, 2.05) is 35.7 Å². The molecule has 1 fully saturated rings. The highest BCUT2D eigenvalue weighted by molar-refractivity contribution is 5.76. The Morgan fingerprint density at radius 1 is 1.22 bits per heavy atom. The number of imidazole rings is 1. The molecule has 0 saturated carbocycles. The van der Waals surface area contributed by atoms with Crippen LogP contribution in [0.5, 0.6) is 0 Å². The standard InChI is InChI=1S/C21H31N5O/c1-15-12-17(20-22-8-11-25(20)5)24-18(23-15)13-16-6-9-26(10-7-16)19(27)14-21(2,3)4/h8,11-12,16H,6-7,9-10,13-14H2,1-5H3. The van der Waals surface area contributed by atoms with E-state index < -0.39 is 0 Å². The maximum absolute atomic E-state index is 12.4. The third-order valence-corrected chi connectivity index (χ3v) is 5.07. The molecule has 3 heterocycles. The predicted molar refractivity (Wildman–Crippen MR) is 106 cm³/mol. The number of hydrogen-bond donors (Lipinski definition) is 0. The lowest BCUT2D eigenvalue weighted by Crippen LogP contribution is -2.40. The molecule has 1 aliphatic heterocycles. The SMILES string of the molecule is Cc1cc(-c2nccn2C)nc(CC2CCN(C(=O)CC(C)(C)C)CC2)n1. The minimum absolute atomic E-state index is 0.0463. The second-order valence-corrected chi connectivity index (χ2v) is 8.94. The lowest BCUT2D eigenvalue weighted by Gasteiger charge is -2.33. The Balaban J connectivity index is 1.62. The van der Waals surface area contributed by atoms with Crippen LogP contribution in [0.15, 0.2) is 18.5 Å². The van der Waals surface area contributed by atoms with Crippen molar-refractivity contribution in [2.24, 2.45) is 18.4 Å². The van der Waals surface area contributed by atoms with Gasteiger partial charge in [-0.3, -0.25) is 4.79 Å². The van der Waals surface area contributed by atoms with Crippen LogP contribution < -0.4 is 0 Å². The van der Waals surface area contributed by atoms with Crippen molar-refractivity contribution in [2.45, 2.75) is 53.4 Å². The zero-order valence-corrected chi connectivity index (χ0v) is 17.2. The maximum atomic E-state index is 12.4. The number of rotatable bonds is 4. The molecular formula is C21H31N5O. The van der Waals surface area contributed by atoms with E-state index in [1.165, 1.54) is 0 Å². The van der Waals surface area contributed by atoms with Gasteiger partial charge in [0.2, 0.25) is 5.91 Å². The summed E-state index contributed by atoms with van der Waals surface area (Å²) in [6.07, 6.45) is 7.23. The molecule has 0 aliphatic carbocycles. The van der Waals surface area contributed by atoms with E-state index in [2.05, 4.69) is 30.7 Å². The highest BCUT2D eigenvalue weighted by Crippen LogP contribution is 2.25. The predicted octanol–water partition coefficient (Wildman–Crippen LogP) is 3.40. The summed E-state index contributed by atoms with van der Waals surface area (Å²) in [5.74, 6) is 2.56. The first kappa shape index (κ1) is 19.5. The second-order valence-electron chi connectivity index (χ2n) is 8.94. The Bertz CT molecular complexity index is 797. The number of carbonyl (C=O) groups is 1. The number of likely N-dealkylation sites (tertiary alicyclic amines) is 1. The zero-order valence-electron chi connectivity index (χ0n) is 17.2. The van der Waals surface area contributed by atoms with Crippen molar-refractivity contribution in [2.75, 3.05) is 13.1 Å². The van der Waals surface area contributed by atoms with Crippen LogP contribution in [0.4, 0.5) is 0 Å². The van der Waals surface area contributed by atoms with Gasteiger partial charge >= 0.3 is 0 Å². The van der Waals surface area contributed by atoms with E-state index in [1.54, 1.807) is 6.20 Å². The van der Waals surface area contributed by atoms with E-state index in [-0.39, 0.29) is 11.3 Å². The van der Waals surface area contributed by atoms with Gasteiger partial charge in [0, 0.05) is 51.1 Å². The summed E-state index contributed by atoms with van der Waals surface area (Å²) in [5.41, 5.74) is 1.89. The minimum atomic E-state index is 0.0463. The smallest absolute Gasteiger partial charge is 0.223 e. The fourth-order valence-electron chi connectivity index (χ4n) is 3.66. The van der Waals surface area contributed by atoms with E-state index >= 15 is 0 Å². The van der Waals surface area contributed by atoms with E-state index in [0.717, 1.165) is 55.4 Å². The fourth-order valence-corrected chi connectivity index (χ4v) is 3.66. The van der Waals surface area contributed by atoms with E-state index in [9.17, 15) is 4.79 Å². The van der Waals surface area contributed by atoms with Crippen molar-refractivity contribution < 1.29 is 4.79 Å². The molecule has 0 bridgehead atoms. The topological polar surface area (TPSA) is 63.9 Å². The summed E-state index contributed by atoms with van der Waals surface area (Å²) in [6, 6.07) is 1.99. The van der Waals surface area contributed by atoms with Crippen molar-refractivity contribution >= 4 is 5.91 Å². The van der Waals surface area contributed by atoms with Gasteiger partial charge < -0.3 is 9.47 Å². The van der Waals surface area contributed by atoms with Gasteiger partial charge in [-0.15, -0.1) is 0 Å². The van der Waals surface area contributed by atoms with Crippen LogP contribution in [0.2, 0.25) is 0 Å². The van der Waals surface area contributed by atoms with Gasteiger partial charge in [0.25, 0.3) is 0 Å². The molecule has 3 rings (SSSR count). The fraction of sp³-hybridized carbons (Fsp3) is 0.619. The Hall–Kier alpha value is -2.24. The molecule has 0 unspecified atom stereocenters. The Morgan fingerprint density at radius 2 is 1.93 bits per heavy atom. The van der Waals surface area contributed by atoms with Gasteiger partial charge in [-0.05, 0) is 37.2 Å². The Kier molecular flexibility index (Phi) is 5.63. The lowest BCUT2D eigenvalue weighted by molar-refractivity contribution is -0.134. The number of aromatic nitrogens is 4. The third-order valence-electron chi connectivity index (χ3n) is 5.07. The second kappa shape index (κ2) is 7.79. The molecular weight excluding hydrogens is 338 g/mol. The molecule has 1 amide bonds. The van der Waals surface area contributed by atoms with Gasteiger partial charge in [-0.2, -0.15) is 0 Å². The average Bonchev–Trinajstić information content (AvgIpc) is 2.99. The number of piperidine rings is 1. The summed E-state index contributed by atoms with van der Waals surface area (Å²) < 4.78 is 1.98. The van der Waals surface area contributed by atoms with Gasteiger partial charge in [0.1, 0.15) is 11.5 Å². The number of hydrogen-bond acceptors (Lipinski definition) is 4. The quantitative estimate of drug-likeness (QED) is 0.828. The average molecular weight is 370 g/mol. The summed E-state index contributed by atoms with van der Waals surface area (Å²) in [6.45, 7) is 10.0. The summed E-state index contributed by atoms with van der Waals surface area (Å²) >= 11 is 0. The summed E-state index contributed by atoms with van der Waals surface area (Å²) in [7, 11) is 1.98. The van der Waals surface area contributed by atoms with Crippen molar-refractivity contribution in [1.29, 1.82) is 0 Å². The van der Waals surface area contributed by atoms with Crippen molar-refractivity contribution in [3.63, 3.8) is 0 Å². The highest BCUT2D eigenvalue weighted by atomic mass is 16.2.